The topological polar surface area (TPSA) is 45.7 Å². The minimum Gasteiger partial charge on any atom is -0.496 e. The molecule has 6 heteroatoms. The van der Waals surface area contributed by atoms with E-state index < -0.39 is 0 Å². The summed E-state index contributed by atoms with van der Waals surface area (Å²) in [4.78, 5) is 22.5. The molecule has 0 atom stereocenters. The van der Waals surface area contributed by atoms with Crippen molar-refractivity contribution in [2.75, 3.05) is 38.2 Å². The fourth-order valence-electron chi connectivity index (χ4n) is 4.39. The number of fused-ring (bicyclic) bond motifs is 2. The van der Waals surface area contributed by atoms with Crippen molar-refractivity contribution >= 4 is 43.4 Å². The van der Waals surface area contributed by atoms with Crippen molar-refractivity contribution in [3.05, 3.63) is 65.7 Å². The minimum absolute atomic E-state index is 0.0265. The van der Waals surface area contributed by atoms with E-state index in [1.807, 2.05) is 41.3 Å². The average Bonchev–Trinajstić information content (AvgIpc) is 3.27. The predicted octanol–water partition coefficient (Wildman–Crippen LogP) is 5.54. The van der Waals surface area contributed by atoms with Crippen LogP contribution in [0.25, 0.3) is 21.0 Å². The number of rotatable bonds is 4. The zero-order chi connectivity index (χ0) is 22.2. The van der Waals surface area contributed by atoms with Crippen LogP contribution in [-0.4, -0.2) is 49.1 Å². The minimum atomic E-state index is 0.0265. The predicted molar refractivity (Wildman–Crippen MR) is 132 cm³/mol. The number of carbonyl (C=O) groups is 1. The van der Waals surface area contributed by atoms with Crippen molar-refractivity contribution in [1.82, 2.24) is 9.88 Å². The Morgan fingerprint density at radius 1 is 1.00 bits per heavy atom. The lowest BCUT2D eigenvalue weighted by Crippen LogP contribution is -2.48. The number of hydrogen-bond acceptors (Lipinski definition) is 5. The van der Waals surface area contributed by atoms with Gasteiger partial charge in [0.25, 0.3) is 5.91 Å². The third-order valence-corrected chi connectivity index (χ3v) is 7.28. The number of aromatic nitrogens is 1. The highest BCUT2D eigenvalue weighted by Crippen LogP contribution is 2.34. The summed E-state index contributed by atoms with van der Waals surface area (Å²) in [5.74, 6) is 1.10. The standard InChI is InChI=1S/C26H27N3O2S/c1-17(2)20-9-6-10-23-24(20)27-26(32-23)29-13-11-28(12-14-29)25(30)21-15-18-7-4-5-8-19(18)16-22(21)31-3/h4-10,15-17H,11-14H2,1-3H3. The van der Waals surface area contributed by atoms with E-state index in [0.29, 0.717) is 30.3 Å². The van der Waals surface area contributed by atoms with Crippen LogP contribution in [0.15, 0.2) is 54.6 Å². The molecule has 0 spiro atoms. The molecule has 1 aromatic heterocycles. The Morgan fingerprint density at radius 3 is 2.41 bits per heavy atom. The van der Waals surface area contributed by atoms with Crippen molar-refractivity contribution in [3.63, 3.8) is 0 Å². The van der Waals surface area contributed by atoms with Gasteiger partial charge in [-0.2, -0.15) is 0 Å². The van der Waals surface area contributed by atoms with Crippen LogP contribution in [-0.2, 0) is 0 Å². The van der Waals surface area contributed by atoms with Crippen molar-refractivity contribution in [2.24, 2.45) is 0 Å². The monoisotopic (exact) mass is 445 g/mol. The number of thiazole rings is 1. The molecule has 4 aromatic rings. The molecule has 5 rings (SSSR count). The summed E-state index contributed by atoms with van der Waals surface area (Å²) >= 11 is 1.74. The van der Waals surface area contributed by atoms with Gasteiger partial charge in [-0.25, -0.2) is 4.98 Å². The molecule has 0 bridgehead atoms. The van der Waals surface area contributed by atoms with Gasteiger partial charge in [0.15, 0.2) is 5.13 Å². The van der Waals surface area contributed by atoms with Crippen molar-refractivity contribution in [3.8, 4) is 5.75 Å². The Balaban J connectivity index is 1.35. The summed E-state index contributed by atoms with van der Waals surface area (Å²) in [6.45, 7) is 7.30. The number of para-hydroxylation sites is 1. The average molecular weight is 446 g/mol. The van der Waals surface area contributed by atoms with E-state index in [1.165, 1.54) is 10.3 Å². The van der Waals surface area contributed by atoms with Gasteiger partial charge in [-0.05, 0) is 40.5 Å². The van der Waals surface area contributed by atoms with Gasteiger partial charge < -0.3 is 14.5 Å². The lowest BCUT2D eigenvalue weighted by molar-refractivity contribution is 0.0743. The number of methoxy groups -OCH3 is 1. The molecule has 3 aromatic carbocycles. The Kier molecular flexibility index (Phi) is 5.47. The first-order valence-corrected chi connectivity index (χ1v) is 11.9. The van der Waals surface area contributed by atoms with E-state index in [-0.39, 0.29) is 5.91 Å². The normalized spacial score (nSPS) is 14.5. The maximum absolute atomic E-state index is 13.3. The van der Waals surface area contributed by atoms with E-state index in [1.54, 1.807) is 18.4 Å². The third-order valence-electron chi connectivity index (χ3n) is 6.20. The number of carbonyl (C=O) groups excluding carboxylic acids is 1. The van der Waals surface area contributed by atoms with Crippen molar-refractivity contribution < 1.29 is 9.53 Å². The van der Waals surface area contributed by atoms with Crippen molar-refractivity contribution in [1.29, 1.82) is 0 Å². The van der Waals surface area contributed by atoms with Crippen LogP contribution < -0.4 is 9.64 Å². The van der Waals surface area contributed by atoms with Gasteiger partial charge in [0, 0.05) is 26.2 Å². The van der Waals surface area contributed by atoms with Gasteiger partial charge in [0.1, 0.15) is 5.75 Å². The highest BCUT2D eigenvalue weighted by molar-refractivity contribution is 7.22. The highest BCUT2D eigenvalue weighted by atomic mass is 32.1. The maximum atomic E-state index is 13.3. The van der Waals surface area contributed by atoms with Gasteiger partial charge in [0.2, 0.25) is 0 Å². The second-order valence-electron chi connectivity index (χ2n) is 8.52. The van der Waals surface area contributed by atoms with Crippen LogP contribution in [0.4, 0.5) is 5.13 Å². The second-order valence-corrected chi connectivity index (χ2v) is 9.53. The lowest BCUT2D eigenvalue weighted by Gasteiger charge is -2.34. The zero-order valence-electron chi connectivity index (χ0n) is 18.7. The Labute approximate surface area is 192 Å². The quantitative estimate of drug-likeness (QED) is 0.414. The van der Waals surface area contributed by atoms with E-state index in [9.17, 15) is 4.79 Å². The molecule has 5 nitrogen and oxygen atoms in total. The summed E-state index contributed by atoms with van der Waals surface area (Å²) in [5.41, 5.74) is 3.03. The molecule has 164 valence electrons. The summed E-state index contributed by atoms with van der Waals surface area (Å²) < 4.78 is 6.78. The van der Waals surface area contributed by atoms with Crippen LogP contribution >= 0.6 is 11.3 Å². The smallest absolute Gasteiger partial charge is 0.257 e. The fraction of sp³-hybridized carbons (Fsp3) is 0.308. The molecule has 2 heterocycles. The molecule has 1 aliphatic heterocycles. The zero-order valence-corrected chi connectivity index (χ0v) is 19.5. The third kappa shape index (κ3) is 3.69. The number of nitrogens with zero attached hydrogens (tertiary/aromatic N) is 3. The van der Waals surface area contributed by atoms with Gasteiger partial charge >= 0.3 is 0 Å². The molecule has 1 aliphatic rings. The van der Waals surface area contributed by atoms with E-state index in [0.717, 1.165) is 34.5 Å². The molecule has 0 N–H and O–H groups in total. The van der Waals surface area contributed by atoms with E-state index >= 15 is 0 Å². The maximum Gasteiger partial charge on any atom is 0.257 e. The van der Waals surface area contributed by atoms with E-state index in [2.05, 4.69) is 36.9 Å². The molecule has 0 saturated carbocycles. The Hall–Kier alpha value is -3.12. The molecular weight excluding hydrogens is 418 g/mol. The molecular formula is C26H27N3O2S. The number of hydrogen-bond donors (Lipinski definition) is 0. The summed E-state index contributed by atoms with van der Waals surface area (Å²) in [7, 11) is 1.62. The van der Waals surface area contributed by atoms with E-state index in [4.69, 9.17) is 9.72 Å². The van der Waals surface area contributed by atoms with Crippen LogP contribution in [0, 0.1) is 0 Å². The molecule has 0 aliphatic carbocycles. The van der Waals surface area contributed by atoms with Crippen LogP contribution in [0.3, 0.4) is 0 Å². The van der Waals surface area contributed by atoms with Crippen LogP contribution in [0.2, 0.25) is 0 Å². The first-order chi connectivity index (χ1) is 15.5. The first kappa shape index (κ1) is 20.8. The Morgan fingerprint density at radius 2 is 1.72 bits per heavy atom. The number of amides is 1. The number of benzene rings is 3. The summed E-state index contributed by atoms with van der Waals surface area (Å²) in [6.07, 6.45) is 0. The fourth-order valence-corrected chi connectivity index (χ4v) is 5.44. The molecule has 32 heavy (non-hydrogen) atoms. The SMILES string of the molecule is COc1cc2ccccc2cc1C(=O)N1CCN(c2nc3c(C(C)C)cccc3s2)CC1. The highest BCUT2D eigenvalue weighted by Gasteiger charge is 2.26. The van der Waals surface area contributed by atoms with Crippen LogP contribution in [0.5, 0.6) is 5.75 Å². The molecule has 0 unspecified atom stereocenters. The van der Waals surface area contributed by atoms with Crippen molar-refractivity contribution in [2.45, 2.75) is 19.8 Å². The second kappa shape index (κ2) is 8.43. The number of anilines is 1. The largest absolute Gasteiger partial charge is 0.496 e. The number of ether oxygens (including phenoxy) is 1. The lowest BCUT2D eigenvalue weighted by atomic mass is 10.0. The molecule has 1 amide bonds. The Bertz CT molecular complexity index is 1290. The molecule has 1 fully saturated rings. The van der Waals surface area contributed by atoms with Gasteiger partial charge in [-0.3, -0.25) is 4.79 Å². The summed E-state index contributed by atoms with van der Waals surface area (Å²) in [5, 5.41) is 3.16. The van der Waals surface area contributed by atoms with Gasteiger partial charge in [-0.1, -0.05) is 61.6 Å². The van der Waals surface area contributed by atoms with Gasteiger partial charge in [-0.15, -0.1) is 0 Å². The van der Waals surface area contributed by atoms with Crippen LogP contribution in [0.1, 0.15) is 35.7 Å². The number of piperazine rings is 1. The molecule has 1 saturated heterocycles. The molecule has 0 radical (unpaired) electrons. The van der Waals surface area contributed by atoms with Gasteiger partial charge in [0.05, 0.1) is 22.9 Å². The summed E-state index contributed by atoms with van der Waals surface area (Å²) in [6, 6.07) is 18.4. The first-order valence-electron chi connectivity index (χ1n) is 11.1.